The summed E-state index contributed by atoms with van der Waals surface area (Å²) in [7, 11) is 1.56. The Kier molecular flexibility index (Phi) is 2.61. The summed E-state index contributed by atoms with van der Waals surface area (Å²) in [5, 5.41) is 12.1. The standard InChI is InChI=1S/C13H15FN2O2/c1-18-13-5-6-15-7-9-10(14)3-2-4-11(9)16(17)8-12(13)15/h4-6,8-10H,2-3,7H2,1H3. The van der Waals surface area contributed by atoms with Crippen LogP contribution in [-0.4, -0.2) is 28.8 Å². The second-order valence-electron chi connectivity index (χ2n) is 4.71. The van der Waals surface area contributed by atoms with Crippen LogP contribution in [0.15, 0.2) is 24.0 Å². The first-order valence-electron chi connectivity index (χ1n) is 6.09. The summed E-state index contributed by atoms with van der Waals surface area (Å²) in [5.41, 5.74) is 1.24. The zero-order valence-electron chi connectivity index (χ0n) is 10.2. The van der Waals surface area contributed by atoms with E-state index in [-0.39, 0.29) is 5.92 Å². The lowest BCUT2D eigenvalue weighted by molar-refractivity contribution is -0.407. The predicted octanol–water partition coefficient (Wildman–Crippen LogP) is 2.07. The lowest BCUT2D eigenvalue weighted by atomic mass is 9.90. The van der Waals surface area contributed by atoms with Crippen molar-refractivity contribution < 1.29 is 13.9 Å². The van der Waals surface area contributed by atoms with Gasteiger partial charge in [0.1, 0.15) is 17.6 Å². The molecule has 0 saturated heterocycles. The summed E-state index contributed by atoms with van der Waals surface area (Å²) in [6.07, 6.45) is 5.34. The van der Waals surface area contributed by atoms with Gasteiger partial charge in [-0.1, -0.05) is 0 Å². The summed E-state index contributed by atoms with van der Waals surface area (Å²) in [5.74, 6) is 0.288. The van der Waals surface area contributed by atoms with Gasteiger partial charge in [0.25, 0.3) is 0 Å². The number of hydrogen-bond donors (Lipinski definition) is 0. The fourth-order valence-corrected chi connectivity index (χ4v) is 2.72. The minimum Gasteiger partial charge on any atom is -0.618 e. The second-order valence-corrected chi connectivity index (χ2v) is 4.71. The first-order chi connectivity index (χ1) is 8.70. The van der Waals surface area contributed by atoms with Crippen LogP contribution in [-0.2, 0) is 6.54 Å². The molecule has 2 heterocycles. The molecule has 0 radical (unpaired) electrons. The van der Waals surface area contributed by atoms with E-state index in [2.05, 4.69) is 0 Å². The smallest absolute Gasteiger partial charge is 0.208 e. The molecule has 1 aromatic heterocycles. The molecule has 4 nitrogen and oxygen atoms in total. The van der Waals surface area contributed by atoms with Gasteiger partial charge in [-0.05, 0) is 25.0 Å². The molecule has 2 aliphatic rings. The Morgan fingerprint density at radius 2 is 2.39 bits per heavy atom. The Labute approximate surface area is 105 Å². The van der Waals surface area contributed by atoms with Crippen LogP contribution in [0.4, 0.5) is 4.39 Å². The molecule has 2 atom stereocenters. The monoisotopic (exact) mass is 250 g/mol. The Hall–Kier alpha value is -1.78. The summed E-state index contributed by atoms with van der Waals surface area (Å²) < 4.78 is 21.9. The van der Waals surface area contributed by atoms with Crippen LogP contribution in [0.3, 0.4) is 0 Å². The van der Waals surface area contributed by atoms with Gasteiger partial charge in [0.05, 0.1) is 13.0 Å². The van der Waals surface area contributed by atoms with E-state index in [9.17, 15) is 9.60 Å². The van der Waals surface area contributed by atoms with E-state index in [1.54, 1.807) is 13.2 Å². The van der Waals surface area contributed by atoms with E-state index in [1.807, 2.05) is 16.8 Å². The molecule has 0 fully saturated rings. The van der Waals surface area contributed by atoms with E-state index in [1.165, 1.54) is 6.21 Å². The predicted molar refractivity (Wildman–Crippen MR) is 65.5 cm³/mol. The molecule has 0 saturated carbocycles. The van der Waals surface area contributed by atoms with Gasteiger partial charge in [0, 0.05) is 12.7 Å². The van der Waals surface area contributed by atoms with Crippen LogP contribution in [0.5, 0.6) is 5.75 Å². The van der Waals surface area contributed by atoms with E-state index in [0.717, 1.165) is 4.74 Å². The normalized spacial score (nSPS) is 26.6. The number of hydroxylamine groups is 1. The number of alkyl halides is 1. The van der Waals surface area contributed by atoms with Crippen molar-refractivity contribution in [3.05, 3.63) is 34.9 Å². The highest BCUT2D eigenvalue weighted by Crippen LogP contribution is 2.33. The third kappa shape index (κ3) is 1.62. The molecule has 0 N–H and O–H groups in total. The molecule has 0 bridgehead atoms. The van der Waals surface area contributed by atoms with Gasteiger partial charge in [-0.2, -0.15) is 4.74 Å². The average Bonchev–Trinajstić information content (AvgIpc) is 2.67. The zero-order chi connectivity index (χ0) is 12.7. The molecule has 3 rings (SSSR count). The van der Waals surface area contributed by atoms with Gasteiger partial charge in [-0.3, -0.25) is 0 Å². The number of fused-ring (bicyclic) bond motifs is 2. The number of allylic oxidation sites excluding steroid dienone is 2. The lowest BCUT2D eigenvalue weighted by Gasteiger charge is -2.24. The number of aromatic nitrogens is 1. The van der Waals surface area contributed by atoms with Crippen molar-refractivity contribution in [3.63, 3.8) is 0 Å². The zero-order valence-corrected chi connectivity index (χ0v) is 10.2. The van der Waals surface area contributed by atoms with Crippen LogP contribution in [0, 0.1) is 11.1 Å². The van der Waals surface area contributed by atoms with Gasteiger partial charge in [-0.25, -0.2) is 4.39 Å². The molecular weight excluding hydrogens is 235 g/mol. The van der Waals surface area contributed by atoms with Gasteiger partial charge in [-0.15, -0.1) is 0 Å². The van der Waals surface area contributed by atoms with E-state index < -0.39 is 6.17 Å². The minimum atomic E-state index is -0.950. The second kappa shape index (κ2) is 4.15. The van der Waals surface area contributed by atoms with E-state index in [0.29, 0.717) is 36.5 Å². The molecule has 5 heteroatoms. The molecule has 0 amide bonds. The van der Waals surface area contributed by atoms with Crippen molar-refractivity contribution >= 4 is 6.21 Å². The lowest BCUT2D eigenvalue weighted by Crippen LogP contribution is -2.28. The van der Waals surface area contributed by atoms with Gasteiger partial charge < -0.3 is 14.5 Å². The highest BCUT2D eigenvalue weighted by molar-refractivity contribution is 5.78. The third-order valence-corrected chi connectivity index (χ3v) is 3.69. The van der Waals surface area contributed by atoms with Crippen LogP contribution in [0.25, 0.3) is 0 Å². The van der Waals surface area contributed by atoms with E-state index >= 15 is 0 Å². The maximum absolute atomic E-state index is 14.0. The summed E-state index contributed by atoms with van der Waals surface area (Å²) in [6.45, 7) is 0.487. The number of rotatable bonds is 1. The number of hydrogen-bond acceptors (Lipinski definition) is 2. The summed E-state index contributed by atoms with van der Waals surface area (Å²) in [4.78, 5) is 0. The highest BCUT2D eigenvalue weighted by atomic mass is 19.1. The third-order valence-electron chi connectivity index (χ3n) is 3.69. The van der Waals surface area contributed by atoms with Gasteiger partial charge in [0.2, 0.25) is 6.21 Å². The number of methoxy groups -OCH3 is 1. The topological polar surface area (TPSA) is 40.2 Å². The summed E-state index contributed by atoms with van der Waals surface area (Å²) in [6, 6.07) is 1.80. The quantitative estimate of drug-likeness (QED) is 0.565. The van der Waals surface area contributed by atoms with Crippen molar-refractivity contribution in [2.45, 2.75) is 25.6 Å². The van der Waals surface area contributed by atoms with Gasteiger partial charge in [0.15, 0.2) is 5.70 Å². The maximum Gasteiger partial charge on any atom is 0.208 e. The van der Waals surface area contributed by atoms with Crippen molar-refractivity contribution in [2.75, 3.05) is 7.11 Å². The van der Waals surface area contributed by atoms with Crippen LogP contribution in [0.2, 0.25) is 0 Å². The van der Waals surface area contributed by atoms with Crippen molar-refractivity contribution in [2.24, 2.45) is 5.92 Å². The minimum absolute atomic E-state index is 0.356. The number of ether oxygens (including phenoxy) is 1. The molecule has 0 spiro atoms. The molecule has 2 unspecified atom stereocenters. The fraction of sp³-hybridized carbons (Fsp3) is 0.462. The molecular formula is C13H15FN2O2. The average molecular weight is 250 g/mol. The Morgan fingerprint density at radius 1 is 1.56 bits per heavy atom. The molecule has 1 aliphatic heterocycles. The maximum atomic E-state index is 14.0. The highest BCUT2D eigenvalue weighted by Gasteiger charge is 2.36. The SMILES string of the molecule is COc1ccn2c1C=[N+]([O-])C1=CCCC(F)C1C2. The Bertz CT molecular complexity index is 533. The van der Waals surface area contributed by atoms with Gasteiger partial charge >= 0.3 is 0 Å². The first kappa shape index (κ1) is 11.3. The Morgan fingerprint density at radius 3 is 3.17 bits per heavy atom. The van der Waals surface area contributed by atoms with Crippen molar-refractivity contribution in [1.82, 2.24) is 4.57 Å². The molecule has 1 aliphatic carbocycles. The van der Waals surface area contributed by atoms with E-state index in [4.69, 9.17) is 4.74 Å². The molecule has 96 valence electrons. The first-order valence-corrected chi connectivity index (χ1v) is 6.09. The number of nitrogens with zero attached hydrogens (tertiary/aromatic N) is 2. The molecule has 0 aromatic carbocycles. The molecule has 1 aromatic rings. The Balaban J connectivity index is 2.10. The van der Waals surface area contributed by atoms with Crippen LogP contribution < -0.4 is 4.74 Å². The summed E-state index contributed by atoms with van der Waals surface area (Å²) >= 11 is 0. The number of halogens is 1. The largest absolute Gasteiger partial charge is 0.618 e. The van der Waals surface area contributed by atoms with Crippen molar-refractivity contribution in [3.8, 4) is 5.75 Å². The van der Waals surface area contributed by atoms with Crippen molar-refractivity contribution in [1.29, 1.82) is 0 Å². The van der Waals surface area contributed by atoms with Crippen LogP contribution >= 0.6 is 0 Å². The van der Waals surface area contributed by atoms with Crippen LogP contribution in [0.1, 0.15) is 18.5 Å². The molecule has 18 heavy (non-hydrogen) atoms. The fourth-order valence-electron chi connectivity index (χ4n) is 2.72.